The van der Waals surface area contributed by atoms with Gasteiger partial charge in [-0.2, -0.15) is 0 Å². The number of ether oxygens (including phenoxy) is 1. The first-order valence-corrected chi connectivity index (χ1v) is 3.26. The van der Waals surface area contributed by atoms with E-state index >= 15 is 0 Å². The molecule has 0 aromatic rings. The molecule has 0 aliphatic carbocycles. The van der Waals surface area contributed by atoms with Crippen LogP contribution in [0.15, 0.2) is 16.8 Å². The first kappa shape index (κ1) is 14.3. The normalized spacial score (nSPS) is 11.1. The quantitative estimate of drug-likeness (QED) is 0.314. The standard InChI is InChI=1S/C7H12N2O2.Tl/c1-6(3-9-5-8)4-11-7(2)10;/h3,5H,4H2,1-2H3,(H2,8,9);/p+1/b6-3+;. The molecule has 3 N–H and O–H groups in total. The minimum atomic E-state index is -0.281. The van der Waals surface area contributed by atoms with Crippen molar-refractivity contribution in [2.45, 2.75) is 13.8 Å². The molecule has 0 heterocycles. The number of hydrogen-bond acceptors (Lipinski definition) is 3. The van der Waals surface area contributed by atoms with Crippen molar-refractivity contribution in [1.82, 2.24) is 0 Å². The van der Waals surface area contributed by atoms with Crippen LogP contribution in [-0.4, -0.2) is 46.2 Å². The summed E-state index contributed by atoms with van der Waals surface area (Å²) in [6.45, 7) is 3.50. The molecule has 0 spiro atoms. The van der Waals surface area contributed by atoms with Crippen LogP contribution < -0.4 is 5.73 Å². The third kappa shape index (κ3) is 9.76. The predicted octanol–water partition coefficient (Wildman–Crippen LogP) is -0.657. The van der Waals surface area contributed by atoms with Crippen LogP contribution in [-0.2, 0) is 9.53 Å². The first-order chi connectivity index (χ1) is 5.16. The smallest absolute Gasteiger partial charge is 0.302 e. The Bertz CT molecular complexity index is 190. The number of rotatable bonds is 3. The molecule has 0 saturated carbocycles. The molecule has 0 unspecified atom stereocenters. The van der Waals surface area contributed by atoms with E-state index in [2.05, 4.69) is 10.7 Å². The van der Waals surface area contributed by atoms with Crippen molar-refractivity contribution in [3.8, 4) is 0 Å². The molecular weight excluding hydrogens is 348 g/mol. The van der Waals surface area contributed by atoms with Gasteiger partial charge in [-0.3, -0.25) is 4.79 Å². The molecule has 0 aromatic heterocycles. The third-order valence-corrected chi connectivity index (χ3v) is 0.903. The number of carbonyl (C=O) groups is 1. The first-order valence-electron chi connectivity index (χ1n) is 3.26. The van der Waals surface area contributed by atoms with Gasteiger partial charge < -0.3 is 10.5 Å². The Hall–Kier alpha value is -0.238. The number of quaternary nitrogens is 1. The maximum atomic E-state index is 10.3. The topological polar surface area (TPSA) is 66.3 Å². The summed E-state index contributed by atoms with van der Waals surface area (Å²) in [5.74, 6) is -0.281. The van der Waals surface area contributed by atoms with Gasteiger partial charge in [-0.25, -0.2) is 4.99 Å². The van der Waals surface area contributed by atoms with E-state index in [9.17, 15) is 4.79 Å². The Morgan fingerprint density at radius 1 is 1.58 bits per heavy atom. The maximum Gasteiger partial charge on any atom is 0.302 e. The molecule has 65 valence electrons. The number of nitrogens with zero attached hydrogens (tertiary/aromatic N) is 1. The van der Waals surface area contributed by atoms with Crippen LogP contribution in [0.3, 0.4) is 0 Å². The fourth-order valence-corrected chi connectivity index (χ4v) is 0.433. The Morgan fingerprint density at radius 2 is 2.17 bits per heavy atom. The summed E-state index contributed by atoms with van der Waals surface area (Å²) < 4.78 is 4.70. The maximum absolute atomic E-state index is 10.3. The zero-order valence-electron chi connectivity index (χ0n) is 7.41. The SMILES string of the molecule is CC(=O)OC/C(C)=C/N=C[NH3+].[Tl]. The summed E-state index contributed by atoms with van der Waals surface area (Å²) in [4.78, 5) is 14.1. The molecule has 0 aromatic carbocycles. The van der Waals surface area contributed by atoms with E-state index in [-0.39, 0.29) is 33.3 Å². The van der Waals surface area contributed by atoms with Gasteiger partial charge in [-0.15, -0.1) is 0 Å². The van der Waals surface area contributed by atoms with Crippen LogP contribution in [0.2, 0.25) is 0 Å². The molecule has 0 atom stereocenters. The number of esters is 1. The summed E-state index contributed by atoms with van der Waals surface area (Å²) >= 11 is 0. The summed E-state index contributed by atoms with van der Waals surface area (Å²) in [6, 6.07) is 0. The van der Waals surface area contributed by atoms with Crippen LogP contribution >= 0.6 is 0 Å². The van der Waals surface area contributed by atoms with Gasteiger partial charge in [-0.1, -0.05) is 0 Å². The van der Waals surface area contributed by atoms with Crippen LogP contribution in [0.1, 0.15) is 13.8 Å². The van der Waals surface area contributed by atoms with Crippen LogP contribution in [0, 0.1) is 0 Å². The summed E-state index contributed by atoms with van der Waals surface area (Å²) in [6.07, 6.45) is 3.03. The second kappa shape index (κ2) is 8.85. The van der Waals surface area contributed by atoms with Gasteiger partial charge in [0, 0.05) is 40.4 Å². The molecule has 0 fully saturated rings. The average molecular weight is 362 g/mol. The van der Waals surface area contributed by atoms with Crippen molar-refractivity contribution in [1.29, 1.82) is 0 Å². The summed E-state index contributed by atoms with van der Waals surface area (Å²) in [5, 5.41) is 0. The van der Waals surface area contributed by atoms with E-state index in [4.69, 9.17) is 4.74 Å². The van der Waals surface area contributed by atoms with Crippen LogP contribution in [0.4, 0.5) is 0 Å². The number of hydrogen-bond donors (Lipinski definition) is 1. The predicted molar refractivity (Wildman–Crippen MR) is 47.5 cm³/mol. The fourth-order valence-electron chi connectivity index (χ4n) is 0.433. The van der Waals surface area contributed by atoms with E-state index in [1.807, 2.05) is 6.92 Å². The van der Waals surface area contributed by atoms with E-state index in [0.29, 0.717) is 6.61 Å². The van der Waals surface area contributed by atoms with Crippen molar-refractivity contribution >= 4 is 39.6 Å². The summed E-state index contributed by atoms with van der Waals surface area (Å²) in [7, 11) is 0. The minimum Gasteiger partial charge on any atom is -0.461 e. The van der Waals surface area contributed by atoms with Gasteiger partial charge in [0.25, 0.3) is 0 Å². The van der Waals surface area contributed by atoms with Crippen molar-refractivity contribution in [3.05, 3.63) is 11.8 Å². The molecule has 0 aliphatic heterocycles. The fraction of sp³-hybridized carbons (Fsp3) is 0.429. The van der Waals surface area contributed by atoms with Gasteiger partial charge in [0.2, 0.25) is 0 Å². The zero-order valence-corrected chi connectivity index (χ0v) is 11.9. The molecule has 1 radical (unpaired) electrons. The van der Waals surface area contributed by atoms with E-state index in [1.54, 1.807) is 6.20 Å². The Balaban J connectivity index is 0. The Morgan fingerprint density at radius 3 is 2.58 bits per heavy atom. The van der Waals surface area contributed by atoms with Crippen molar-refractivity contribution in [3.63, 3.8) is 0 Å². The van der Waals surface area contributed by atoms with E-state index < -0.39 is 0 Å². The van der Waals surface area contributed by atoms with Gasteiger partial charge in [0.05, 0.1) is 0 Å². The molecule has 0 aliphatic rings. The van der Waals surface area contributed by atoms with Crippen molar-refractivity contribution in [2.24, 2.45) is 4.99 Å². The van der Waals surface area contributed by atoms with Crippen LogP contribution in [0.5, 0.6) is 0 Å². The molecule has 12 heavy (non-hydrogen) atoms. The van der Waals surface area contributed by atoms with Crippen molar-refractivity contribution in [2.75, 3.05) is 6.61 Å². The monoisotopic (exact) mass is 362 g/mol. The Kier molecular flexibility index (Phi) is 10.5. The molecular formula is C7H13N2O2Tl+. The molecule has 0 rings (SSSR count). The summed E-state index contributed by atoms with van der Waals surface area (Å²) in [5.41, 5.74) is 4.30. The molecule has 0 amide bonds. The van der Waals surface area contributed by atoms with Gasteiger partial charge in [-0.05, 0) is 12.5 Å². The second-order valence-corrected chi connectivity index (χ2v) is 2.09. The van der Waals surface area contributed by atoms with Crippen molar-refractivity contribution < 1.29 is 15.3 Å². The van der Waals surface area contributed by atoms with Crippen LogP contribution in [0.25, 0.3) is 0 Å². The largest absolute Gasteiger partial charge is 0.461 e. The zero-order chi connectivity index (χ0) is 8.69. The Labute approximate surface area is 92.0 Å². The third-order valence-electron chi connectivity index (χ3n) is 0.903. The molecule has 5 heteroatoms. The second-order valence-electron chi connectivity index (χ2n) is 2.09. The molecule has 0 bridgehead atoms. The van der Waals surface area contributed by atoms with Gasteiger partial charge in [0.15, 0.2) is 6.34 Å². The molecule has 0 saturated heterocycles. The number of aliphatic imine (C=N–C) groups is 1. The average Bonchev–Trinajstić information content (AvgIpc) is 1.97. The van der Waals surface area contributed by atoms with E-state index in [1.165, 1.54) is 13.3 Å². The van der Waals surface area contributed by atoms with Gasteiger partial charge >= 0.3 is 5.97 Å². The number of carbonyl (C=O) groups excluding carboxylic acids is 1. The molecule has 4 nitrogen and oxygen atoms in total. The minimum absolute atomic E-state index is 0. The van der Waals surface area contributed by atoms with E-state index in [0.717, 1.165) is 5.57 Å². The van der Waals surface area contributed by atoms with Gasteiger partial charge in [0.1, 0.15) is 6.61 Å².